The van der Waals surface area contributed by atoms with Gasteiger partial charge < -0.3 is 0 Å². The molecule has 4 atom stereocenters. The molecule has 0 heterocycles. The topological polar surface area (TPSA) is 47.6 Å². The van der Waals surface area contributed by atoms with E-state index >= 15 is 0 Å². The maximum Gasteiger partial charge on any atom is 0.0950 e. The molecule has 3 aliphatic rings. The number of hydrogen-bond acceptors (Lipinski definition) is 2. The quantitative estimate of drug-likeness (QED) is 0.808. The Morgan fingerprint density at radius 1 is 1.04 bits per heavy atom. The van der Waals surface area contributed by atoms with E-state index in [1.54, 1.807) is 6.08 Å². The third-order valence-corrected chi connectivity index (χ3v) is 6.04. The van der Waals surface area contributed by atoms with Crippen LogP contribution in [0.15, 0.2) is 78.3 Å². The lowest BCUT2D eigenvalue weighted by Gasteiger charge is -2.27. The third kappa shape index (κ3) is 1.57. The van der Waals surface area contributed by atoms with E-state index in [4.69, 9.17) is 6.85 Å². The normalized spacial score (nSPS) is 37.0. The minimum absolute atomic E-state index is 0.00647. The lowest BCUT2D eigenvalue weighted by molar-refractivity contribution is 0.533. The van der Waals surface area contributed by atoms with Crippen LogP contribution < -0.4 is 0 Å². The summed E-state index contributed by atoms with van der Waals surface area (Å²) in [7, 11) is 0. The number of allylic oxidation sites excluding steroid dienone is 4. The molecule has 0 N–H and O–H groups in total. The Morgan fingerprint density at radius 3 is 2.48 bits per heavy atom. The van der Waals surface area contributed by atoms with E-state index in [1.165, 1.54) is 0 Å². The molecule has 0 aromatic heterocycles. The van der Waals surface area contributed by atoms with E-state index in [0.29, 0.717) is 17.6 Å². The predicted molar refractivity (Wildman–Crippen MR) is 95.9 cm³/mol. The summed E-state index contributed by atoms with van der Waals surface area (Å²) in [5.74, 6) is -0.391. The number of fused-ring (bicyclic) bond motifs is 2. The molecule has 0 amide bonds. The Kier molecular flexibility index (Phi) is 1.89. The van der Waals surface area contributed by atoms with Crippen molar-refractivity contribution < 1.29 is 6.85 Å². The number of benzene rings is 2. The van der Waals surface area contributed by atoms with Gasteiger partial charge in [-0.25, -0.2) is 0 Å². The predicted octanol–water partition coefficient (Wildman–Crippen LogP) is 4.63. The maximum atomic E-state index is 10.2. The summed E-state index contributed by atoms with van der Waals surface area (Å²) >= 11 is 0. The highest BCUT2D eigenvalue weighted by molar-refractivity contribution is 5.80. The fourth-order valence-electron chi connectivity index (χ4n) is 4.95. The summed E-state index contributed by atoms with van der Waals surface area (Å²) in [6.07, 6.45) is 4.21. The third-order valence-electron chi connectivity index (χ3n) is 6.04. The number of rotatable bonds is 2. The van der Waals surface area contributed by atoms with Crippen LogP contribution >= 0.6 is 0 Å². The van der Waals surface area contributed by atoms with Crippen LogP contribution in [0.3, 0.4) is 0 Å². The van der Waals surface area contributed by atoms with Crippen LogP contribution in [0, 0.1) is 39.9 Å². The van der Waals surface area contributed by atoms with Gasteiger partial charge in [-0.1, -0.05) is 72.7 Å². The molecule has 0 radical (unpaired) electrons. The van der Waals surface area contributed by atoms with E-state index in [2.05, 4.69) is 12.1 Å². The SMILES string of the molecule is [2H]c1c([2H])c([2H])c(C2=CC3(C#N)C4CC2C(C#N)=CC43c2ccccc2)c([2H])c1[2H]. The summed E-state index contributed by atoms with van der Waals surface area (Å²) in [5.41, 5.74) is 0.509. The highest BCUT2D eigenvalue weighted by Gasteiger charge is 2.79. The number of nitrogens with zero attached hydrogens (tertiary/aromatic N) is 2. The van der Waals surface area contributed by atoms with Gasteiger partial charge in [0.1, 0.15) is 0 Å². The molecule has 4 unspecified atom stereocenters. The largest absolute Gasteiger partial charge is 0.197 e. The van der Waals surface area contributed by atoms with Crippen molar-refractivity contribution in [2.75, 3.05) is 0 Å². The second kappa shape index (κ2) is 4.71. The van der Waals surface area contributed by atoms with Gasteiger partial charge in [-0.2, -0.15) is 10.5 Å². The van der Waals surface area contributed by atoms with Crippen LogP contribution in [0.5, 0.6) is 0 Å². The van der Waals surface area contributed by atoms with Crippen molar-refractivity contribution in [3.05, 3.63) is 89.4 Å². The molecular formula is C23H16N2. The van der Waals surface area contributed by atoms with Crippen LogP contribution in [-0.4, -0.2) is 0 Å². The zero-order valence-corrected chi connectivity index (χ0v) is 13.3. The van der Waals surface area contributed by atoms with Crippen LogP contribution in [0.2, 0.25) is 0 Å². The minimum Gasteiger partial charge on any atom is -0.197 e. The molecule has 2 nitrogen and oxygen atoms in total. The van der Waals surface area contributed by atoms with Gasteiger partial charge in [-0.3, -0.25) is 0 Å². The first-order chi connectivity index (χ1) is 14.3. The molecule has 5 rings (SSSR count). The zero-order chi connectivity index (χ0) is 21.4. The highest BCUT2D eigenvalue weighted by Crippen LogP contribution is 2.78. The zero-order valence-electron chi connectivity index (χ0n) is 18.3. The van der Waals surface area contributed by atoms with Gasteiger partial charge in [-0.15, -0.1) is 0 Å². The number of hydrogen-bond donors (Lipinski definition) is 0. The summed E-state index contributed by atoms with van der Waals surface area (Å²) in [5, 5.41) is 20.1. The second-order valence-electron chi connectivity index (χ2n) is 6.87. The Balaban J connectivity index is 1.82. The van der Waals surface area contributed by atoms with Gasteiger partial charge in [0.05, 0.1) is 24.4 Å². The molecule has 2 bridgehead atoms. The van der Waals surface area contributed by atoms with Crippen molar-refractivity contribution in [2.45, 2.75) is 11.8 Å². The minimum atomic E-state index is -0.901. The number of nitriles is 2. The lowest BCUT2D eigenvalue weighted by atomic mass is 9.75. The molecule has 25 heavy (non-hydrogen) atoms. The summed E-state index contributed by atoms with van der Waals surface area (Å²) in [6, 6.07) is 12.5. The standard InChI is InChI=1S/C23H16N2/c24-14-17-12-23(18-9-5-2-6-10-18)21-11-19(17)20(13-22(21,23)15-25)16-7-3-1-4-8-16/h1-10,12-13,19,21H,11H2/i1D,3D,4D,7D,8D. The van der Waals surface area contributed by atoms with Gasteiger partial charge in [0, 0.05) is 16.9 Å². The first-order valence-electron chi connectivity index (χ1n) is 10.7. The molecular weight excluding hydrogens is 304 g/mol. The monoisotopic (exact) mass is 325 g/mol. The lowest BCUT2D eigenvalue weighted by Crippen LogP contribution is -2.18. The average Bonchev–Trinajstić information content (AvgIpc) is 3.42. The molecule has 2 aromatic carbocycles. The molecule has 0 spiro atoms. The van der Waals surface area contributed by atoms with E-state index < -0.39 is 29.0 Å². The maximum absolute atomic E-state index is 10.2. The molecule has 1 fully saturated rings. The van der Waals surface area contributed by atoms with Crippen molar-refractivity contribution in [1.82, 2.24) is 0 Å². The van der Waals surface area contributed by atoms with Crippen molar-refractivity contribution >= 4 is 5.57 Å². The van der Waals surface area contributed by atoms with E-state index in [9.17, 15) is 10.5 Å². The smallest absolute Gasteiger partial charge is 0.0950 e. The van der Waals surface area contributed by atoms with Gasteiger partial charge in [-0.05, 0) is 29.0 Å². The van der Waals surface area contributed by atoms with Crippen molar-refractivity contribution in [2.24, 2.45) is 17.3 Å². The van der Waals surface area contributed by atoms with Crippen molar-refractivity contribution in [3.63, 3.8) is 0 Å². The second-order valence-corrected chi connectivity index (χ2v) is 6.87. The molecule has 118 valence electrons. The molecule has 1 saturated carbocycles. The molecule has 0 aliphatic heterocycles. The van der Waals surface area contributed by atoms with Crippen LogP contribution in [0.25, 0.3) is 5.57 Å². The Bertz CT molecular complexity index is 1240. The Labute approximate surface area is 154 Å². The van der Waals surface area contributed by atoms with E-state index in [-0.39, 0.29) is 29.5 Å². The van der Waals surface area contributed by atoms with Crippen LogP contribution in [0.1, 0.15) is 24.4 Å². The Morgan fingerprint density at radius 2 is 1.80 bits per heavy atom. The summed E-state index contributed by atoms with van der Waals surface area (Å²) in [4.78, 5) is 0. The van der Waals surface area contributed by atoms with Crippen molar-refractivity contribution in [3.8, 4) is 12.1 Å². The van der Waals surface area contributed by atoms with Crippen LogP contribution in [-0.2, 0) is 5.41 Å². The molecule has 2 aromatic rings. The van der Waals surface area contributed by atoms with E-state index in [1.807, 2.05) is 36.4 Å². The fraction of sp³-hybridized carbons (Fsp3) is 0.217. The first kappa shape index (κ1) is 10.0. The first-order valence-corrected chi connectivity index (χ1v) is 8.23. The molecule has 0 saturated heterocycles. The Hall–Kier alpha value is -3.10. The van der Waals surface area contributed by atoms with Crippen LogP contribution in [0.4, 0.5) is 0 Å². The fourth-order valence-corrected chi connectivity index (χ4v) is 4.95. The van der Waals surface area contributed by atoms with Gasteiger partial charge in [0.25, 0.3) is 0 Å². The molecule has 2 heteroatoms. The highest BCUT2D eigenvalue weighted by atomic mass is 14.8. The van der Waals surface area contributed by atoms with Gasteiger partial charge in [0.15, 0.2) is 0 Å². The summed E-state index contributed by atoms with van der Waals surface area (Å²) < 4.78 is 40.7. The van der Waals surface area contributed by atoms with Gasteiger partial charge in [0.2, 0.25) is 0 Å². The summed E-state index contributed by atoms with van der Waals surface area (Å²) in [6.45, 7) is 0. The van der Waals surface area contributed by atoms with Crippen molar-refractivity contribution in [1.29, 1.82) is 10.5 Å². The molecule has 3 aliphatic carbocycles. The van der Waals surface area contributed by atoms with E-state index in [0.717, 1.165) is 5.56 Å². The van der Waals surface area contributed by atoms with Gasteiger partial charge >= 0.3 is 0 Å². The average molecular weight is 325 g/mol.